The molecule has 144 valence electrons. The zero-order valence-electron chi connectivity index (χ0n) is 11.2. The van der Waals surface area contributed by atoms with Gasteiger partial charge in [-0.2, -0.15) is 43.9 Å². The van der Waals surface area contributed by atoms with Gasteiger partial charge in [-0.05, 0) is 17.7 Å². The van der Waals surface area contributed by atoms with Crippen molar-refractivity contribution in [2.75, 3.05) is 0 Å². The van der Waals surface area contributed by atoms with E-state index in [2.05, 4.69) is 31.9 Å². The van der Waals surface area contributed by atoms with E-state index in [1.54, 1.807) is 0 Å². The minimum absolute atomic E-state index is 0.264. The van der Waals surface area contributed by atoms with Gasteiger partial charge in [0.25, 0.3) is 0 Å². The number of alkyl halides is 10. The van der Waals surface area contributed by atoms with E-state index >= 15 is 0 Å². The van der Waals surface area contributed by atoms with Crippen molar-refractivity contribution in [3.8, 4) is 0 Å². The Hall–Kier alpha value is -0.370. The first kappa shape index (κ1) is 22.7. The van der Waals surface area contributed by atoms with E-state index < -0.39 is 55.7 Å². The minimum atomic E-state index is -6.76. The lowest BCUT2D eigenvalue weighted by molar-refractivity contribution is -0.331. The Morgan fingerprint density at radius 3 is 1.76 bits per heavy atom. The van der Waals surface area contributed by atoms with Gasteiger partial charge < -0.3 is 0 Å². The fraction of sp³-hybridized carbons (Fsp3) is 0.455. The number of hydrogen-bond acceptors (Lipinski definition) is 1. The predicted octanol–water partition coefficient (Wildman–Crippen LogP) is 6.21. The second kappa shape index (κ2) is 6.98. The SMILES string of the molecule is O=S(c1cc(Br)cc(Br)c1CC(F)(F)F)C(F)(F)C(F)(F)C(F)(F)F. The van der Waals surface area contributed by atoms with Crippen LogP contribution < -0.4 is 0 Å². The zero-order valence-corrected chi connectivity index (χ0v) is 15.2. The summed E-state index contributed by atoms with van der Waals surface area (Å²) >= 11 is 5.21. The molecular formula is C11H4Br2F10OS. The average Bonchev–Trinajstić information content (AvgIpc) is 2.37. The van der Waals surface area contributed by atoms with Gasteiger partial charge in [0, 0.05) is 8.95 Å². The first-order chi connectivity index (χ1) is 10.9. The molecule has 25 heavy (non-hydrogen) atoms. The maximum Gasteiger partial charge on any atom is 0.461 e. The summed E-state index contributed by atoms with van der Waals surface area (Å²) < 4.78 is 138. The first-order valence-electron chi connectivity index (χ1n) is 5.70. The molecule has 14 heteroatoms. The molecule has 0 aromatic heterocycles. The molecule has 0 N–H and O–H groups in total. The van der Waals surface area contributed by atoms with Crippen LogP contribution in [0.3, 0.4) is 0 Å². The molecular weight excluding hydrogens is 530 g/mol. The summed E-state index contributed by atoms with van der Waals surface area (Å²) in [6.45, 7) is 0. The highest BCUT2D eigenvalue weighted by Gasteiger charge is 2.76. The summed E-state index contributed by atoms with van der Waals surface area (Å²) in [7, 11) is -4.44. The summed E-state index contributed by atoms with van der Waals surface area (Å²) in [5, 5.41) is -6.20. The molecule has 0 bridgehead atoms. The summed E-state index contributed by atoms with van der Waals surface area (Å²) in [4.78, 5) is -1.51. The highest BCUT2D eigenvalue weighted by Crippen LogP contribution is 2.50. The molecule has 0 spiro atoms. The molecule has 0 aliphatic carbocycles. The lowest BCUT2D eigenvalue weighted by atomic mass is 10.1. The fourth-order valence-corrected chi connectivity index (χ4v) is 4.45. The predicted molar refractivity (Wildman–Crippen MR) is 74.0 cm³/mol. The van der Waals surface area contributed by atoms with Gasteiger partial charge in [-0.15, -0.1) is 0 Å². The molecule has 0 saturated heterocycles. The zero-order chi connectivity index (χ0) is 20.0. The number of benzene rings is 1. The Kier molecular flexibility index (Phi) is 6.33. The molecule has 0 aliphatic rings. The van der Waals surface area contributed by atoms with Crippen LogP contribution in [-0.4, -0.2) is 27.7 Å². The van der Waals surface area contributed by atoms with Gasteiger partial charge in [0.2, 0.25) is 0 Å². The second-order valence-corrected chi connectivity index (χ2v) is 7.77. The highest BCUT2D eigenvalue weighted by atomic mass is 79.9. The number of halogens is 12. The molecule has 0 aliphatic heterocycles. The highest BCUT2D eigenvalue weighted by molar-refractivity contribution is 9.11. The number of hydrogen-bond donors (Lipinski definition) is 0. The van der Waals surface area contributed by atoms with Gasteiger partial charge in [-0.25, -0.2) is 4.21 Å². The second-order valence-electron chi connectivity index (χ2n) is 4.51. The molecule has 1 unspecified atom stereocenters. The minimum Gasteiger partial charge on any atom is -0.248 e. The van der Waals surface area contributed by atoms with Gasteiger partial charge >= 0.3 is 23.5 Å². The Balaban J connectivity index is 3.57. The summed E-state index contributed by atoms with van der Waals surface area (Å²) in [6, 6.07) is 1.27. The van der Waals surface area contributed by atoms with Crippen molar-refractivity contribution in [1.82, 2.24) is 0 Å². The van der Waals surface area contributed by atoms with Crippen LogP contribution in [0.15, 0.2) is 26.0 Å². The van der Waals surface area contributed by atoms with E-state index in [4.69, 9.17) is 0 Å². The Labute approximate surface area is 152 Å². The molecule has 0 saturated carbocycles. The molecule has 0 radical (unpaired) electrons. The molecule has 0 amide bonds. The normalized spacial score (nSPS) is 15.4. The van der Waals surface area contributed by atoms with Gasteiger partial charge in [0.15, 0.2) is 0 Å². The molecule has 1 aromatic rings. The van der Waals surface area contributed by atoms with Crippen molar-refractivity contribution in [3.05, 3.63) is 26.6 Å². The maximum atomic E-state index is 13.6. The summed E-state index contributed by atoms with van der Waals surface area (Å²) in [5.41, 5.74) is -1.15. The van der Waals surface area contributed by atoms with Gasteiger partial charge in [-0.3, -0.25) is 0 Å². The van der Waals surface area contributed by atoms with Crippen LogP contribution in [0, 0.1) is 0 Å². The lowest BCUT2D eigenvalue weighted by Crippen LogP contribution is -2.54. The Morgan fingerprint density at radius 2 is 1.36 bits per heavy atom. The van der Waals surface area contributed by atoms with Gasteiger partial charge in [0.1, 0.15) is 10.8 Å². The fourth-order valence-electron chi connectivity index (χ4n) is 1.54. The monoisotopic (exact) mass is 532 g/mol. The lowest BCUT2D eigenvalue weighted by Gasteiger charge is -2.28. The van der Waals surface area contributed by atoms with Gasteiger partial charge in [0.05, 0.1) is 11.3 Å². The molecule has 0 heterocycles. The average molecular weight is 534 g/mol. The summed E-state index contributed by atoms with van der Waals surface area (Å²) in [5.74, 6) is -6.73. The third kappa shape index (κ3) is 4.67. The molecule has 1 atom stereocenters. The largest absolute Gasteiger partial charge is 0.461 e. The quantitative estimate of drug-likeness (QED) is 0.420. The van der Waals surface area contributed by atoms with E-state index in [0.717, 1.165) is 6.07 Å². The van der Waals surface area contributed by atoms with E-state index in [-0.39, 0.29) is 4.47 Å². The van der Waals surface area contributed by atoms with Crippen molar-refractivity contribution >= 4 is 42.7 Å². The standard InChI is InChI=1S/C11H4Br2F10OS/c12-4-1-6(13)5(3-8(14,15)16)7(2-4)25(24)11(22,23)9(17,18)10(19,20)21/h1-2H,3H2. The summed E-state index contributed by atoms with van der Waals surface area (Å²) in [6.07, 6.45) is -13.8. The maximum absolute atomic E-state index is 13.6. The topological polar surface area (TPSA) is 17.1 Å². The van der Waals surface area contributed by atoms with Crippen molar-refractivity contribution in [3.63, 3.8) is 0 Å². The third-order valence-corrected chi connectivity index (χ3v) is 5.30. The van der Waals surface area contributed by atoms with Crippen LogP contribution in [0.5, 0.6) is 0 Å². The first-order valence-corrected chi connectivity index (χ1v) is 8.44. The van der Waals surface area contributed by atoms with E-state index in [1.807, 2.05) is 0 Å². The van der Waals surface area contributed by atoms with Crippen LogP contribution in [0.1, 0.15) is 5.56 Å². The molecule has 1 rings (SSSR count). The molecule has 1 aromatic carbocycles. The van der Waals surface area contributed by atoms with Crippen molar-refractivity contribution in [2.45, 2.75) is 34.8 Å². The number of rotatable bonds is 4. The van der Waals surface area contributed by atoms with Crippen molar-refractivity contribution in [2.24, 2.45) is 0 Å². The van der Waals surface area contributed by atoms with E-state index in [9.17, 15) is 48.1 Å². The smallest absolute Gasteiger partial charge is 0.248 e. The molecule has 1 nitrogen and oxygen atoms in total. The van der Waals surface area contributed by atoms with Crippen molar-refractivity contribution < 1.29 is 48.1 Å². The van der Waals surface area contributed by atoms with E-state index in [0.29, 0.717) is 6.07 Å². The van der Waals surface area contributed by atoms with Crippen LogP contribution >= 0.6 is 31.9 Å². The van der Waals surface area contributed by atoms with Crippen LogP contribution in [0.25, 0.3) is 0 Å². The van der Waals surface area contributed by atoms with Gasteiger partial charge in [-0.1, -0.05) is 31.9 Å². The van der Waals surface area contributed by atoms with Crippen LogP contribution in [-0.2, 0) is 17.2 Å². The Bertz CT molecular complexity index is 683. The van der Waals surface area contributed by atoms with Crippen LogP contribution in [0.4, 0.5) is 43.9 Å². The third-order valence-electron chi connectivity index (χ3n) is 2.65. The van der Waals surface area contributed by atoms with E-state index in [1.165, 1.54) is 0 Å². The Morgan fingerprint density at radius 1 is 0.880 bits per heavy atom. The van der Waals surface area contributed by atoms with Crippen molar-refractivity contribution in [1.29, 1.82) is 0 Å². The molecule has 0 fully saturated rings. The van der Waals surface area contributed by atoms with Crippen LogP contribution in [0.2, 0.25) is 0 Å².